The van der Waals surface area contributed by atoms with Gasteiger partial charge in [-0.05, 0) is 72.2 Å². The van der Waals surface area contributed by atoms with Gasteiger partial charge in [-0.3, -0.25) is 9.59 Å². The maximum absolute atomic E-state index is 12.5. The van der Waals surface area contributed by atoms with Crippen LogP contribution in [0.5, 0.6) is 0 Å². The summed E-state index contributed by atoms with van der Waals surface area (Å²) >= 11 is 0. The summed E-state index contributed by atoms with van der Waals surface area (Å²) in [4.78, 5) is 29.1. The lowest BCUT2D eigenvalue weighted by molar-refractivity contribution is -0.122. The van der Waals surface area contributed by atoms with Crippen LogP contribution in [-0.2, 0) is 11.3 Å². The summed E-state index contributed by atoms with van der Waals surface area (Å²) in [5, 5.41) is 4.41. The molecule has 0 saturated carbocycles. The van der Waals surface area contributed by atoms with E-state index in [0.717, 1.165) is 48.2 Å². The SMILES string of the molecule is CC(C)c1ccc2[nH]c(=O)c(CNc3ccc(N4CCC(C(N)=O)CC4)cc3)cc2c1. The lowest BCUT2D eigenvalue weighted by Gasteiger charge is -2.32. The molecule has 1 saturated heterocycles. The number of rotatable bonds is 6. The number of nitrogens with one attached hydrogen (secondary N) is 2. The number of anilines is 2. The number of nitrogens with two attached hydrogens (primary N) is 1. The first-order valence-corrected chi connectivity index (χ1v) is 10.9. The van der Waals surface area contributed by atoms with Crippen molar-refractivity contribution in [2.45, 2.75) is 39.2 Å². The summed E-state index contributed by atoms with van der Waals surface area (Å²) in [5.41, 5.74) is 10.3. The van der Waals surface area contributed by atoms with Crippen molar-refractivity contribution < 1.29 is 4.79 Å². The summed E-state index contributed by atoms with van der Waals surface area (Å²) < 4.78 is 0. The highest BCUT2D eigenvalue weighted by Crippen LogP contribution is 2.25. The number of fused-ring (bicyclic) bond motifs is 1. The highest BCUT2D eigenvalue weighted by atomic mass is 16.1. The molecule has 4 N–H and O–H groups in total. The van der Waals surface area contributed by atoms with Gasteiger partial charge in [0, 0.05) is 48.0 Å². The number of carbonyl (C=O) groups excluding carboxylic acids is 1. The van der Waals surface area contributed by atoms with Gasteiger partial charge < -0.3 is 20.9 Å². The molecule has 1 amide bonds. The average molecular weight is 419 g/mol. The Morgan fingerprint density at radius 1 is 1.13 bits per heavy atom. The molecule has 31 heavy (non-hydrogen) atoms. The lowest BCUT2D eigenvalue weighted by Crippen LogP contribution is -2.38. The minimum Gasteiger partial charge on any atom is -0.381 e. The molecule has 2 heterocycles. The predicted molar refractivity (Wildman–Crippen MR) is 127 cm³/mol. The maximum atomic E-state index is 12.5. The Labute approximate surface area is 182 Å². The molecule has 6 nitrogen and oxygen atoms in total. The second-order valence-electron chi connectivity index (χ2n) is 8.69. The van der Waals surface area contributed by atoms with E-state index in [1.165, 1.54) is 5.56 Å². The number of aromatic amines is 1. The fourth-order valence-electron chi connectivity index (χ4n) is 4.17. The number of hydrogen-bond acceptors (Lipinski definition) is 4. The largest absolute Gasteiger partial charge is 0.381 e. The second-order valence-corrected chi connectivity index (χ2v) is 8.69. The zero-order chi connectivity index (χ0) is 22.0. The van der Waals surface area contributed by atoms with E-state index < -0.39 is 0 Å². The standard InChI is InChI=1S/C25H30N4O2/c1-16(2)18-3-8-23-19(13-18)14-20(25(31)28-23)15-27-21-4-6-22(7-5-21)29-11-9-17(10-12-29)24(26)30/h3-8,13-14,16-17,27H,9-12,15H2,1-2H3,(H2,26,30)(H,28,31). The first-order chi connectivity index (χ1) is 14.9. The number of aromatic nitrogens is 1. The fraction of sp³-hybridized carbons (Fsp3) is 0.360. The van der Waals surface area contributed by atoms with Gasteiger partial charge in [-0.2, -0.15) is 0 Å². The molecule has 162 valence electrons. The molecule has 1 aliphatic heterocycles. The monoisotopic (exact) mass is 418 g/mol. The number of primary amides is 1. The maximum Gasteiger partial charge on any atom is 0.253 e. The molecule has 2 aromatic carbocycles. The van der Waals surface area contributed by atoms with E-state index in [1.54, 1.807) is 0 Å². The van der Waals surface area contributed by atoms with Crippen molar-refractivity contribution in [3.8, 4) is 0 Å². The lowest BCUT2D eigenvalue weighted by atomic mass is 9.96. The van der Waals surface area contributed by atoms with Gasteiger partial charge in [-0.15, -0.1) is 0 Å². The highest BCUT2D eigenvalue weighted by molar-refractivity contribution is 5.80. The molecule has 1 aliphatic rings. The molecule has 0 spiro atoms. The zero-order valence-corrected chi connectivity index (χ0v) is 18.2. The second kappa shape index (κ2) is 8.84. The van der Waals surface area contributed by atoms with Crippen LogP contribution in [0.15, 0.2) is 53.3 Å². The van der Waals surface area contributed by atoms with Gasteiger partial charge >= 0.3 is 0 Å². The van der Waals surface area contributed by atoms with E-state index in [-0.39, 0.29) is 17.4 Å². The Hall–Kier alpha value is -3.28. The molecule has 1 fully saturated rings. The zero-order valence-electron chi connectivity index (χ0n) is 18.2. The van der Waals surface area contributed by atoms with Crippen molar-refractivity contribution in [1.82, 2.24) is 4.98 Å². The number of H-pyrrole nitrogens is 1. The molecule has 0 radical (unpaired) electrons. The van der Waals surface area contributed by atoms with E-state index in [1.807, 2.05) is 24.3 Å². The van der Waals surface area contributed by atoms with Crippen molar-refractivity contribution in [2.24, 2.45) is 11.7 Å². The fourth-order valence-corrected chi connectivity index (χ4v) is 4.17. The normalized spacial score (nSPS) is 14.9. The third kappa shape index (κ3) is 4.74. The molecule has 3 aromatic rings. The van der Waals surface area contributed by atoms with E-state index in [2.05, 4.69) is 53.3 Å². The van der Waals surface area contributed by atoms with Gasteiger partial charge in [0.05, 0.1) is 0 Å². The number of pyridine rings is 1. The van der Waals surface area contributed by atoms with Gasteiger partial charge in [0.15, 0.2) is 0 Å². The molecule has 4 rings (SSSR count). The Balaban J connectivity index is 1.42. The van der Waals surface area contributed by atoms with Crippen LogP contribution in [0.2, 0.25) is 0 Å². The predicted octanol–water partition coefficient (Wildman–Crippen LogP) is 3.97. The van der Waals surface area contributed by atoms with Crippen LogP contribution < -0.4 is 21.5 Å². The molecule has 0 atom stereocenters. The van der Waals surface area contributed by atoms with Crippen LogP contribution >= 0.6 is 0 Å². The summed E-state index contributed by atoms with van der Waals surface area (Å²) in [7, 11) is 0. The topological polar surface area (TPSA) is 91.2 Å². The molecule has 0 aliphatic carbocycles. The van der Waals surface area contributed by atoms with Crippen LogP contribution in [0.1, 0.15) is 43.7 Å². The first-order valence-electron chi connectivity index (χ1n) is 10.9. The molecule has 6 heteroatoms. The van der Waals surface area contributed by atoms with Crippen molar-refractivity contribution in [3.05, 3.63) is 70.0 Å². The van der Waals surface area contributed by atoms with Gasteiger partial charge in [0.1, 0.15) is 0 Å². The van der Waals surface area contributed by atoms with Crippen LogP contribution in [0.3, 0.4) is 0 Å². The number of benzene rings is 2. The number of carbonyl (C=O) groups is 1. The number of nitrogens with zero attached hydrogens (tertiary/aromatic N) is 1. The average Bonchev–Trinajstić information content (AvgIpc) is 2.77. The number of hydrogen-bond donors (Lipinski definition) is 3. The van der Waals surface area contributed by atoms with E-state index >= 15 is 0 Å². The van der Waals surface area contributed by atoms with Crippen molar-refractivity contribution in [2.75, 3.05) is 23.3 Å². The Kier molecular flexibility index (Phi) is 5.98. The first kappa shape index (κ1) is 21.0. The summed E-state index contributed by atoms with van der Waals surface area (Å²) in [5.74, 6) is 0.246. The van der Waals surface area contributed by atoms with Crippen LogP contribution in [0.25, 0.3) is 10.9 Å². The smallest absolute Gasteiger partial charge is 0.253 e. The third-order valence-corrected chi connectivity index (χ3v) is 6.22. The molecule has 0 unspecified atom stereocenters. The van der Waals surface area contributed by atoms with Gasteiger partial charge in [-0.1, -0.05) is 19.9 Å². The van der Waals surface area contributed by atoms with Crippen LogP contribution in [0, 0.1) is 5.92 Å². The Bertz CT molecular complexity index is 1130. The third-order valence-electron chi connectivity index (χ3n) is 6.22. The van der Waals surface area contributed by atoms with Crippen LogP contribution in [-0.4, -0.2) is 24.0 Å². The number of amides is 1. The summed E-state index contributed by atoms with van der Waals surface area (Å²) in [6.07, 6.45) is 1.61. The van der Waals surface area contributed by atoms with E-state index in [9.17, 15) is 9.59 Å². The molecule has 1 aromatic heterocycles. The summed E-state index contributed by atoms with van der Waals surface area (Å²) in [6.45, 7) is 6.47. The van der Waals surface area contributed by atoms with E-state index in [4.69, 9.17) is 5.73 Å². The Morgan fingerprint density at radius 2 is 1.84 bits per heavy atom. The van der Waals surface area contributed by atoms with E-state index in [0.29, 0.717) is 18.0 Å². The van der Waals surface area contributed by atoms with Crippen molar-refractivity contribution in [1.29, 1.82) is 0 Å². The Morgan fingerprint density at radius 3 is 2.48 bits per heavy atom. The van der Waals surface area contributed by atoms with Gasteiger partial charge in [-0.25, -0.2) is 0 Å². The van der Waals surface area contributed by atoms with Crippen LogP contribution in [0.4, 0.5) is 11.4 Å². The minimum absolute atomic E-state index is 0.00569. The molecular formula is C25H30N4O2. The molecular weight excluding hydrogens is 388 g/mol. The number of piperidine rings is 1. The van der Waals surface area contributed by atoms with Crippen molar-refractivity contribution >= 4 is 28.2 Å². The quantitative estimate of drug-likeness (QED) is 0.565. The van der Waals surface area contributed by atoms with Gasteiger partial charge in [0.2, 0.25) is 5.91 Å². The minimum atomic E-state index is -0.191. The van der Waals surface area contributed by atoms with Gasteiger partial charge in [0.25, 0.3) is 5.56 Å². The van der Waals surface area contributed by atoms with Crippen molar-refractivity contribution in [3.63, 3.8) is 0 Å². The highest BCUT2D eigenvalue weighted by Gasteiger charge is 2.23. The summed E-state index contributed by atoms with van der Waals surface area (Å²) in [6, 6.07) is 16.4. The molecule has 0 bridgehead atoms.